The molecule has 1 aliphatic carbocycles. The van der Waals surface area contributed by atoms with Crippen molar-refractivity contribution in [2.45, 2.75) is 18.9 Å². The molecule has 1 heterocycles. The van der Waals surface area contributed by atoms with Gasteiger partial charge in [-0.2, -0.15) is 4.98 Å². The zero-order chi connectivity index (χ0) is 13.4. The van der Waals surface area contributed by atoms with Crippen molar-refractivity contribution in [3.63, 3.8) is 0 Å². The first kappa shape index (κ1) is 12.5. The molecule has 3 rings (SSSR count). The Bertz CT molecular complexity index is 626. The van der Waals surface area contributed by atoms with Gasteiger partial charge in [0.25, 0.3) is 0 Å². The average molecular weight is 295 g/mol. The average Bonchev–Trinajstić information content (AvgIpc) is 3.16. The lowest BCUT2D eigenvalue weighted by atomic mass is 10.1. The number of rotatable bonds is 3. The van der Waals surface area contributed by atoms with Crippen LogP contribution in [0.1, 0.15) is 12.8 Å². The van der Waals surface area contributed by atoms with Crippen molar-refractivity contribution in [1.29, 1.82) is 0 Å². The van der Waals surface area contributed by atoms with Gasteiger partial charge in [0.15, 0.2) is 0 Å². The first-order valence-corrected chi connectivity index (χ1v) is 6.74. The van der Waals surface area contributed by atoms with Crippen LogP contribution in [0.3, 0.4) is 0 Å². The normalized spacial score (nSPS) is 14.4. The smallest absolute Gasteiger partial charge is 0.222 e. The number of nitrogens with one attached hydrogen (secondary N) is 1. The second-order valence-electron chi connectivity index (χ2n) is 4.52. The van der Waals surface area contributed by atoms with E-state index >= 15 is 0 Å². The fraction of sp³-hybridized carbons (Fsp3) is 0.231. The van der Waals surface area contributed by atoms with Crippen LogP contribution >= 0.6 is 23.2 Å². The van der Waals surface area contributed by atoms with Gasteiger partial charge in [0, 0.05) is 17.7 Å². The highest BCUT2D eigenvalue weighted by Gasteiger charge is 2.22. The van der Waals surface area contributed by atoms with E-state index in [0.29, 0.717) is 21.8 Å². The number of halogens is 2. The Balaban J connectivity index is 2.03. The zero-order valence-corrected chi connectivity index (χ0v) is 11.5. The highest BCUT2D eigenvalue weighted by atomic mass is 35.5. The highest BCUT2D eigenvalue weighted by molar-refractivity contribution is 6.43. The van der Waals surface area contributed by atoms with E-state index in [1.165, 1.54) is 0 Å². The lowest BCUT2D eigenvalue weighted by molar-refractivity contribution is 1.09. The van der Waals surface area contributed by atoms with Gasteiger partial charge in [-0.3, -0.25) is 0 Å². The van der Waals surface area contributed by atoms with E-state index in [1.807, 2.05) is 18.2 Å². The summed E-state index contributed by atoms with van der Waals surface area (Å²) in [5, 5.41) is 4.26. The molecule has 1 aliphatic rings. The number of hydrogen-bond donors (Lipinski definition) is 2. The molecule has 1 fully saturated rings. The van der Waals surface area contributed by atoms with E-state index in [1.54, 1.807) is 6.07 Å². The lowest BCUT2D eigenvalue weighted by Crippen LogP contribution is -2.06. The summed E-state index contributed by atoms with van der Waals surface area (Å²) in [4.78, 5) is 8.39. The number of nitrogens with zero attached hydrogens (tertiary/aromatic N) is 2. The molecule has 0 radical (unpaired) electrons. The van der Waals surface area contributed by atoms with E-state index in [2.05, 4.69) is 15.3 Å². The Morgan fingerprint density at radius 3 is 2.74 bits per heavy atom. The Morgan fingerprint density at radius 2 is 2.00 bits per heavy atom. The summed E-state index contributed by atoms with van der Waals surface area (Å²) >= 11 is 12.2. The van der Waals surface area contributed by atoms with Gasteiger partial charge in [-0.15, -0.1) is 0 Å². The quantitative estimate of drug-likeness (QED) is 0.908. The molecule has 2 aromatic rings. The van der Waals surface area contributed by atoms with Gasteiger partial charge in [0.1, 0.15) is 5.82 Å². The Morgan fingerprint density at radius 1 is 1.21 bits per heavy atom. The van der Waals surface area contributed by atoms with Gasteiger partial charge >= 0.3 is 0 Å². The molecule has 0 amide bonds. The van der Waals surface area contributed by atoms with Crippen molar-refractivity contribution in [2.24, 2.45) is 0 Å². The van der Waals surface area contributed by atoms with Crippen molar-refractivity contribution < 1.29 is 0 Å². The molecule has 1 aromatic heterocycles. The number of nitrogens with two attached hydrogens (primary N) is 1. The summed E-state index contributed by atoms with van der Waals surface area (Å²) < 4.78 is 0. The van der Waals surface area contributed by atoms with Crippen LogP contribution in [-0.2, 0) is 0 Å². The second-order valence-corrected chi connectivity index (χ2v) is 5.30. The van der Waals surface area contributed by atoms with Gasteiger partial charge in [-0.25, -0.2) is 4.98 Å². The van der Waals surface area contributed by atoms with Crippen LogP contribution in [0.15, 0.2) is 24.3 Å². The second kappa shape index (κ2) is 4.87. The fourth-order valence-corrected chi connectivity index (χ4v) is 2.21. The van der Waals surface area contributed by atoms with Crippen LogP contribution in [-0.4, -0.2) is 16.0 Å². The molecule has 4 nitrogen and oxygen atoms in total. The molecule has 1 aromatic carbocycles. The summed E-state index contributed by atoms with van der Waals surface area (Å²) in [6.07, 6.45) is 2.33. The van der Waals surface area contributed by atoms with Gasteiger partial charge in [-0.1, -0.05) is 35.3 Å². The molecular weight excluding hydrogens is 283 g/mol. The molecule has 0 unspecified atom stereocenters. The number of anilines is 2. The van der Waals surface area contributed by atoms with Gasteiger partial charge in [-0.05, 0) is 18.9 Å². The predicted octanol–water partition coefficient (Wildman–Crippen LogP) is 3.61. The minimum absolute atomic E-state index is 0.219. The molecule has 0 aliphatic heterocycles. The van der Waals surface area contributed by atoms with Crippen molar-refractivity contribution >= 4 is 35.0 Å². The maximum Gasteiger partial charge on any atom is 0.222 e. The molecule has 0 saturated heterocycles. The monoisotopic (exact) mass is 294 g/mol. The van der Waals surface area contributed by atoms with Crippen molar-refractivity contribution in [3.05, 3.63) is 34.3 Å². The Kier molecular flexibility index (Phi) is 3.21. The molecule has 98 valence electrons. The number of aromatic nitrogens is 2. The number of nitrogen functional groups attached to an aromatic ring is 1. The molecule has 3 N–H and O–H groups in total. The Hall–Kier alpha value is -1.52. The third-order valence-corrected chi connectivity index (χ3v) is 3.72. The van der Waals surface area contributed by atoms with Crippen LogP contribution < -0.4 is 11.1 Å². The van der Waals surface area contributed by atoms with Gasteiger partial charge < -0.3 is 11.1 Å². The fourth-order valence-electron chi connectivity index (χ4n) is 1.82. The summed E-state index contributed by atoms with van der Waals surface area (Å²) in [6, 6.07) is 7.76. The maximum absolute atomic E-state index is 6.20. The summed E-state index contributed by atoms with van der Waals surface area (Å²) in [7, 11) is 0. The standard InChI is InChI=1S/C13H12Cl2N4/c14-9-3-1-2-8(12(9)15)10-6-11(17-7-4-5-7)19-13(16)18-10/h1-3,6-7H,4-5H2,(H3,16,17,18,19). The summed E-state index contributed by atoms with van der Waals surface area (Å²) in [5.74, 6) is 0.942. The first-order chi connectivity index (χ1) is 9.13. The van der Waals surface area contributed by atoms with E-state index in [4.69, 9.17) is 28.9 Å². The van der Waals surface area contributed by atoms with Crippen molar-refractivity contribution in [3.8, 4) is 11.3 Å². The molecule has 0 bridgehead atoms. The summed E-state index contributed by atoms with van der Waals surface area (Å²) in [6.45, 7) is 0. The molecule has 0 atom stereocenters. The molecule has 19 heavy (non-hydrogen) atoms. The highest BCUT2D eigenvalue weighted by Crippen LogP contribution is 2.34. The molecule has 6 heteroatoms. The topological polar surface area (TPSA) is 63.8 Å². The van der Waals surface area contributed by atoms with Crippen LogP contribution in [0.5, 0.6) is 0 Å². The minimum atomic E-state index is 0.219. The lowest BCUT2D eigenvalue weighted by Gasteiger charge is -2.09. The SMILES string of the molecule is Nc1nc(NC2CC2)cc(-c2cccc(Cl)c2Cl)n1. The number of hydrogen-bond acceptors (Lipinski definition) is 4. The van der Waals surface area contributed by atoms with Crippen molar-refractivity contribution in [2.75, 3.05) is 11.1 Å². The van der Waals surface area contributed by atoms with Crippen LogP contribution in [0.2, 0.25) is 10.0 Å². The minimum Gasteiger partial charge on any atom is -0.368 e. The van der Waals surface area contributed by atoms with Crippen LogP contribution in [0.4, 0.5) is 11.8 Å². The van der Waals surface area contributed by atoms with Crippen LogP contribution in [0, 0.1) is 0 Å². The third kappa shape index (κ3) is 2.74. The van der Waals surface area contributed by atoms with E-state index in [0.717, 1.165) is 24.2 Å². The molecule has 1 saturated carbocycles. The van der Waals surface area contributed by atoms with Crippen LogP contribution in [0.25, 0.3) is 11.3 Å². The van der Waals surface area contributed by atoms with Gasteiger partial charge in [0.2, 0.25) is 5.95 Å². The maximum atomic E-state index is 6.20. The molecular formula is C13H12Cl2N4. The summed E-state index contributed by atoms with van der Waals surface area (Å²) in [5.41, 5.74) is 7.16. The first-order valence-electron chi connectivity index (χ1n) is 5.99. The van der Waals surface area contributed by atoms with E-state index in [9.17, 15) is 0 Å². The predicted molar refractivity (Wildman–Crippen MR) is 78.5 cm³/mol. The molecule has 0 spiro atoms. The Labute approximate surface area is 121 Å². The van der Waals surface area contributed by atoms with E-state index < -0.39 is 0 Å². The van der Waals surface area contributed by atoms with Gasteiger partial charge in [0.05, 0.1) is 15.7 Å². The largest absolute Gasteiger partial charge is 0.368 e. The number of benzene rings is 1. The third-order valence-electron chi connectivity index (χ3n) is 2.90. The van der Waals surface area contributed by atoms with Crippen molar-refractivity contribution in [1.82, 2.24) is 9.97 Å². The zero-order valence-electron chi connectivity index (χ0n) is 10.0. The van der Waals surface area contributed by atoms with E-state index in [-0.39, 0.29) is 5.95 Å².